The van der Waals surface area contributed by atoms with E-state index in [1.54, 1.807) is 29.2 Å². The van der Waals surface area contributed by atoms with E-state index in [1.165, 1.54) is 12.1 Å². The van der Waals surface area contributed by atoms with E-state index in [0.29, 0.717) is 23.6 Å². The van der Waals surface area contributed by atoms with Crippen molar-refractivity contribution in [3.63, 3.8) is 0 Å². The molecule has 2 aliphatic carbocycles. The maximum atomic E-state index is 13.4. The molecule has 2 aromatic carbocycles. The maximum absolute atomic E-state index is 13.4. The molecule has 0 radical (unpaired) electrons. The lowest BCUT2D eigenvalue weighted by Gasteiger charge is -2.33. The molecule has 0 spiro atoms. The van der Waals surface area contributed by atoms with Gasteiger partial charge in [-0.15, -0.1) is 0 Å². The van der Waals surface area contributed by atoms with Gasteiger partial charge in [0, 0.05) is 23.3 Å². The summed E-state index contributed by atoms with van der Waals surface area (Å²) < 4.78 is 27.8. The zero-order valence-electron chi connectivity index (χ0n) is 18.4. The molecule has 2 N–H and O–H groups in total. The average molecular weight is 468 g/mol. The highest BCUT2D eigenvalue weighted by Gasteiger charge is 2.47. The summed E-state index contributed by atoms with van der Waals surface area (Å²) in [5.41, 5.74) is 1.00. The second kappa shape index (κ2) is 8.91. The number of sulfonamides is 1. The molecule has 3 aliphatic rings. The third kappa shape index (κ3) is 4.68. The zero-order chi connectivity index (χ0) is 23.0. The predicted molar refractivity (Wildman–Crippen MR) is 125 cm³/mol. The molecule has 3 atom stereocenters. The summed E-state index contributed by atoms with van der Waals surface area (Å²) in [7, 11) is -3.62. The molecular formula is C25H29N3O4S. The van der Waals surface area contributed by atoms with Crippen LogP contribution in [0.15, 0.2) is 59.5 Å². The number of rotatable bonds is 6. The fourth-order valence-electron chi connectivity index (χ4n) is 5.17. The number of hydrogen-bond donors (Lipinski definition) is 2. The van der Waals surface area contributed by atoms with Crippen molar-refractivity contribution in [3.05, 3.63) is 60.2 Å². The van der Waals surface area contributed by atoms with Crippen molar-refractivity contribution >= 4 is 27.5 Å². The van der Waals surface area contributed by atoms with Gasteiger partial charge in [0.1, 0.15) is 6.04 Å². The van der Waals surface area contributed by atoms with Gasteiger partial charge in [-0.05, 0) is 68.4 Å². The number of likely N-dealkylation sites (tertiary alicyclic amines) is 1. The highest BCUT2D eigenvalue weighted by atomic mass is 32.2. The first-order valence-electron chi connectivity index (χ1n) is 11.7. The first-order chi connectivity index (χ1) is 15.9. The number of fused-ring (bicyclic) bond motifs is 1. The molecule has 3 unspecified atom stereocenters. The Bertz CT molecular complexity index is 1150. The molecular weight excluding hydrogens is 438 g/mol. The minimum atomic E-state index is -3.62. The minimum Gasteiger partial charge on any atom is -0.324 e. The molecule has 1 saturated heterocycles. The molecule has 2 amide bonds. The van der Waals surface area contributed by atoms with Gasteiger partial charge in [0.2, 0.25) is 15.9 Å². The first-order valence-corrected chi connectivity index (χ1v) is 13.2. The molecule has 1 aliphatic heterocycles. The molecule has 0 aromatic heterocycles. The summed E-state index contributed by atoms with van der Waals surface area (Å²) >= 11 is 0. The van der Waals surface area contributed by atoms with Crippen LogP contribution in [0.5, 0.6) is 0 Å². The molecule has 5 rings (SSSR count). The fraction of sp³-hybridized carbons (Fsp3) is 0.440. The number of hydrogen-bond acceptors (Lipinski definition) is 4. The Balaban J connectivity index is 1.37. The molecule has 174 valence electrons. The van der Waals surface area contributed by atoms with E-state index >= 15 is 0 Å². The highest BCUT2D eigenvalue weighted by Crippen LogP contribution is 2.41. The van der Waals surface area contributed by atoms with Crippen LogP contribution in [-0.2, 0) is 14.8 Å². The van der Waals surface area contributed by atoms with Crippen LogP contribution in [0.4, 0.5) is 5.69 Å². The highest BCUT2D eigenvalue weighted by molar-refractivity contribution is 7.89. The van der Waals surface area contributed by atoms with Gasteiger partial charge in [0.05, 0.1) is 4.90 Å². The lowest BCUT2D eigenvalue weighted by Crippen LogP contribution is -2.47. The number of benzene rings is 2. The van der Waals surface area contributed by atoms with E-state index < -0.39 is 16.1 Å². The van der Waals surface area contributed by atoms with Crippen LogP contribution in [0, 0.1) is 5.92 Å². The van der Waals surface area contributed by atoms with Crippen molar-refractivity contribution in [2.24, 2.45) is 5.92 Å². The fourth-order valence-corrected chi connectivity index (χ4v) is 6.52. The van der Waals surface area contributed by atoms with Gasteiger partial charge in [-0.25, -0.2) is 13.1 Å². The van der Waals surface area contributed by atoms with Crippen molar-refractivity contribution in [2.45, 2.75) is 68.0 Å². The van der Waals surface area contributed by atoms with E-state index in [1.807, 2.05) is 18.2 Å². The smallest absolute Gasteiger partial charge is 0.254 e. The van der Waals surface area contributed by atoms with Crippen LogP contribution in [0.3, 0.4) is 0 Å². The van der Waals surface area contributed by atoms with Gasteiger partial charge in [0.25, 0.3) is 5.91 Å². The van der Waals surface area contributed by atoms with Crippen molar-refractivity contribution < 1.29 is 18.0 Å². The summed E-state index contributed by atoms with van der Waals surface area (Å²) in [6.07, 6.45) is 6.45. The van der Waals surface area contributed by atoms with Gasteiger partial charge in [0.15, 0.2) is 0 Å². The van der Waals surface area contributed by atoms with Gasteiger partial charge in [-0.3, -0.25) is 9.59 Å². The summed E-state index contributed by atoms with van der Waals surface area (Å²) in [6, 6.07) is 14.9. The Morgan fingerprint density at radius 3 is 2.42 bits per heavy atom. The molecule has 3 fully saturated rings. The van der Waals surface area contributed by atoms with E-state index in [2.05, 4.69) is 10.0 Å². The number of nitrogens with zero attached hydrogens (tertiary/aromatic N) is 1. The Hall–Kier alpha value is -2.71. The zero-order valence-corrected chi connectivity index (χ0v) is 19.3. The molecule has 33 heavy (non-hydrogen) atoms. The standard InChI is InChI=1S/C25H29N3O4S/c29-24(26-20-10-6-11-21(16-20)33(31,32)27-19-13-14-19)23-15-18-9-4-5-12-22(18)28(23)25(30)17-7-2-1-3-8-17/h1-3,6-8,10-11,16,18-19,22-23,27H,4-5,9,12-15H2,(H,26,29). The van der Waals surface area contributed by atoms with Crippen molar-refractivity contribution in [2.75, 3.05) is 5.32 Å². The van der Waals surface area contributed by atoms with Gasteiger partial charge >= 0.3 is 0 Å². The number of nitrogens with one attached hydrogen (secondary N) is 2. The SMILES string of the molecule is O=C(Nc1cccc(S(=O)(=O)NC2CC2)c1)C1CC2CCCCC2N1C(=O)c1ccccc1. The summed E-state index contributed by atoms with van der Waals surface area (Å²) in [5.74, 6) is -0.0647. The normalized spacial score (nSPS) is 24.8. The van der Waals surface area contributed by atoms with E-state index in [-0.39, 0.29) is 28.8 Å². The number of carbonyl (C=O) groups excluding carboxylic acids is 2. The van der Waals surface area contributed by atoms with Crippen LogP contribution >= 0.6 is 0 Å². The number of carbonyl (C=O) groups is 2. The average Bonchev–Trinajstić information content (AvgIpc) is 3.54. The first kappa shape index (κ1) is 22.1. The third-order valence-electron chi connectivity index (χ3n) is 6.96. The molecule has 7 nitrogen and oxygen atoms in total. The summed E-state index contributed by atoms with van der Waals surface area (Å²) in [6.45, 7) is 0. The van der Waals surface area contributed by atoms with Gasteiger partial charge < -0.3 is 10.2 Å². The molecule has 2 saturated carbocycles. The second-order valence-electron chi connectivity index (χ2n) is 9.35. The summed E-state index contributed by atoms with van der Waals surface area (Å²) in [5, 5.41) is 2.89. The topological polar surface area (TPSA) is 95.6 Å². The minimum absolute atomic E-state index is 0.00707. The van der Waals surface area contributed by atoms with E-state index in [0.717, 1.165) is 38.5 Å². The van der Waals surface area contributed by atoms with Crippen LogP contribution < -0.4 is 10.0 Å². The molecule has 1 heterocycles. The van der Waals surface area contributed by atoms with Crippen molar-refractivity contribution in [3.8, 4) is 0 Å². The largest absolute Gasteiger partial charge is 0.324 e. The van der Waals surface area contributed by atoms with Crippen LogP contribution in [0.1, 0.15) is 55.3 Å². The Kier molecular flexibility index (Phi) is 5.97. The lowest BCUT2D eigenvalue weighted by atomic mass is 9.84. The molecule has 8 heteroatoms. The third-order valence-corrected chi connectivity index (χ3v) is 8.48. The quantitative estimate of drug-likeness (QED) is 0.679. The van der Waals surface area contributed by atoms with Crippen molar-refractivity contribution in [1.29, 1.82) is 0 Å². The number of anilines is 1. The van der Waals surface area contributed by atoms with Gasteiger partial charge in [-0.1, -0.05) is 37.1 Å². The lowest BCUT2D eigenvalue weighted by molar-refractivity contribution is -0.120. The molecule has 0 bridgehead atoms. The van der Waals surface area contributed by atoms with Crippen molar-refractivity contribution in [1.82, 2.24) is 9.62 Å². The van der Waals surface area contributed by atoms with Crippen LogP contribution in [0.2, 0.25) is 0 Å². The molecule has 2 aromatic rings. The predicted octanol–water partition coefficient (Wildman–Crippen LogP) is 3.54. The van der Waals surface area contributed by atoms with E-state index in [9.17, 15) is 18.0 Å². The summed E-state index contributed by atoms with van der Waals surface area (Å²) in [4.78, 5) is 28.7. The Labute approximate surface area is 194 Å². The second-order valence-corrected chi connectivity index (χ2v) is 11.1. The van der Waals surface area contributed by atoms with Crippen LogP contribution in [0.25, 0.3) is 0 Å². The van der Waals surface area contributed by atoms with Gasteiger partial charge in [-0.2, -0.15) is 0 Å². The monoisotopic (exact) mass is 467 g/mol. The number of amides is 2. The Morgan fingerprint density at radius 1 is 0.909 bits per heavy atom. The Morgan fingerprint density at radius 2 is 1.67 bits per heavy atom. The van der Waals surface area contributed by atoms with Crippen LogP contribution in [-0.4, -0.2) is 43.3 Å². The van der Waals surface area contributed by atoms with E-state index in [4.69, 9.17) is 0 Å². The maximum Gasteiger partial charge on any atom is 0.254 e.